The van der Waals surface area contributed by atoms with Crippen molar-refractivity contribution >= 4 is 29.1 Å². The molecule has 8 heteroatoms. The number of carbonyl (C=O) groups excluding carboxylic acids is 1. The minimum absolute atomic E-state index is 0.0358. The lowest BCUT2D eigenvalue weighted by molar-refractivity contribution is -0.119. The van der Waals surface area contributed by atoms with Gasteiger partial charge in [0.25, 0.3) is 5.91 Å². The number of hydrogen-bond donors (Lipinski definition) is 2. The Labute approximate surface area is 175 Å². The average molecular weight is 438 g/mol. The third-order valence-electron chi connectivity index (χ3n) is 4.18. The van der Waals surface area contributed by atoms with Crippen molar-refractivity contribution in [2.75, 3.05) is 6.61 Å². The van der Waals surface area contributed by atoms with Crippen molar-refractivity contribution in [2.45, 2.75) is 6.42 Å². The van der Waals surface area contributed by atoms with E-state index < -0.39 is 17.5 Å². The summed E-state index contributed by atoms with van der Waals surface area (Å²) in [6.07, 6.45) is 0.0358. The molecule has 0 saturated carbocycles. The summed E-state index contributed by atoms with van der Waals surface area (Å²) in [5, 5.41) is 10.5. The Morgan fingerprint density at radius 2 is 1.66 bits per heavy atom. The molecule has 0 unspecified atom stereocenters. The molecule has 0 aliphatic heterocycles. The van der Waals surface area contributed by atoms with Crippen molar-refractivity contribution < 1.29 is 23.4 Å². The van der Waals surface area contributed by atoms with Gasteiger partial charge in [-0.25, -0.2) is 8.78 Å². The second-order valence-corrected chi connectivity index (χ2v) is 7.08. The van der Waals surface area contributed by atoms with Crippen molar-refractivity contribution in [1.29, 1.82) is 0 Å². The molecule has 3 aromatic rings. The fourth-order valence-electron chi connectivity index (χ4n) is 2.78. The maximum Gasteiger partial charge on any atom is 0.255 e. The molecule has 1 amide bonds. The molecular weight excluding hydrogens is 423 g/mol. The lowest BCUT2D eigenvalue weighted by Crippen LogP contribution is -2.20. The zero-order chi connectivity index (χ0) is 21.1. The molecule has 0 aromatic heterocycles. The fourth-order valence-corrected chi connectivity index (χ4v) is 3.38. The summed E-state index contributed by atoms with van der Waals surface area (Å²) < 4.78 is 32.8. The SMILES string of the molecule is NC(=O)COc1cc(Cl)c(Cc2cc(-c3ccc(F)cc3)c(O)cc2F)c(Cl)c1. The quantitative estimate of drug-likeness (QED) is 0.563. The topological polar surface area (TPSA) is 72.6 Å². The van der Waals surface area contributed by atoms with Crippen molar-refractivity contribution in [1.82, 2.24) is 0 Å². The summed E-state index contributed by atoms with van der Waals surface area (Å²) in [7, 11) is 0. The first-order chi connectivity index (χ1) is 13.7. The molecule has 150 valence electrons. The highest BCUT2D eigenvalue weighted by Gasteiger charge is 2.16. The number of ether oxygens (including phenoxy) is 1. The average Bonchev–Trinajstić information content (AvgIpc) is 2.65. The second kappa shape index (κ2) is 8.68. The van der Waals surface area contributed by atoms with E-state index in [9.17, 15) is 18.7 Å². The van der Waals surface area contributed by atoms with E-state index in [0.717, 1.165) is 6.07 Å². The molecule has 0 atom stereocenters. The molecule has 0 heterocycles. The van der Waals surface area contributed by atoms with Gasteiger partial charge in [-0.15, -0.1) is 0 Å². The van der Waals surface area contributed by atoms with Crippen LogP contribution in [-0.4, -0.2) is 17.6 Å². The first-order valence-corrected chi connectivity index (χ1v) is 9.16. The number of rotatable bonds is 6. The largest absolute Gasteiger partial charge is 0.507 e. The van der Waals surface area contributed by atoms with E-state index in [1.165, 1.54) is 42.5 Å². The number of benzene rings is 3. The molecular formula is C21H15Cl2F2NO3. The Kier molecular flexibility index (Phi) is 6.25. The third-order valence-corrected chi connectivity index (χ3v) is 4.86. The van der Waals surface area contributed by atoms with E-state index >= 15 is 0 Å². The molecule has 3 aromatic carbocycles. The van der Waals surface area contributed by atoms with Gasteiger partial charge in [0.1, 0.15) is 23.1 Å². The first-order valence-electron chi connectivity index (χ1n) is 8.41. The number of amides is 1. The van der Waals surface area contributed by atoms with E-state index in [2.05, 4.69) is 0 Å². The Balaban J connectivity index is 1.95. The van der Waals surface area contributed by atoms with Gasteiger partial charge in [-0.1, -0.05) is 35.3 Å². The first kappa shape index (κ1) is 20.9. The summed E-state index contributed by atoms with van der Waals surface area (Å²) in [4.78, 5) is 10.8. The van der Waals surface area contributed by atoms with Gasteiger partial charge in [0.05, 0.1) is 0 Å². The van der Waals surface area contributed by atoms with Gasteiger partial charge in [0.15, 0.2) is 6.61 Å². The van der Waals surface area contributed by atoms with Crippen LogP contribution in [-0.2, 0) is 11.2 Å². The normalized spacial score (nSPS) is 10.8. The highest BCUT2D eigenvalue weighted by atomic mass is 35.5. The standard InChI is InChI=1S/C21H15Cl2F2NO3/c22-17-7-14(29-10-21(26)28)8-18(23)16(17)6-12-5-15(20(27)9-19(12)25)11-1-3-13(24)4-2-11/h1-5,7-9,27H,6,10H2,(H2,26,28). The molecule has 0 aliphatic rings. The van der Waals surface area contributed by atoms with Crippen molar-refractivity contribution in [3.05, 3.63) is 81.3 Å². The molecule has 29 heavy (non-hydrogen) atoms. The number of carbonyl (C=O) groups is 1. The summed E-state index contributed by atoms with van der Waals surface area (Å²) in [5.41, 5.74) is 6.58. The molecule has 0 radical (unpaired) electrons. The molecule has 0 spiro atoms. The summed E-state index contributed by atoms with van der Waals surface area (Å²) in [6, 6.07) is 10.8. The fraction of sp³-hybridized carbons (Fsp3) is 0.0952. The molecule has 3 rings (SSSR count). The van der Waals surface area contributed by atoms with Gasteiger partial charge < -0.3 is 15.6 Å². The molecule has 3 N–H and O–H groups in total. The Morgan fingerprint density at radius 3 is 2.24 bits per heavy atom. The number of primary amides is 1. The van der Waals surface area contributed by atoms with Crippen molar-refractivity contribution in [3.8, 4) is 22.6 Å². The number of phenolic OH excluding ortho intramolecular Hbond substituents is 1. The highest BCUT2D eigenvalue weighted by molar-refractivity contribution is 6.36. The van der Waals surface area contributed by atoms with Crippen molar-refractivity contribution in [3.63, 3.8) is 0 Å². The third kappa shape index (κ3) is 4.96. The van der Waals surface area contributed by atoms with Crippen LogP contribution in [0.1, 0.15) is 11.1 Å². The van der Waals surface area contributed by atoms with Crippen LogP contribution in [0.2, 0.25) is 10.0 Å². The van der Waals surface area contributed by atoms with Crippen LogP contribution in [0.3, 0.4) is 0 Å². The predicted octanol–water partition coefficient (Wildman–Crippen LogP) is 5.10. The maximum atomic E-state index is 14.5. The van der Waals surface area contributed by atoms with E-state index in [1.807, 2.05) is 0 Å². The molecule has 0 aliphatic carbocycles. The summed E-state index contributed by atoms with van der Waals surface area (Å²) in [5.74, 6) is -1.74. The van der Waals surface area contributed by atoms with Crippen LogP contribution in [0.15, 0.2) is 48.5 Å². The van der Waals surface area contributed by atoms with E-state index in [1.54, 1.807) is 0 Å². The maximum absolute atomic E-state index is 14.5. The lowest BCUT2D eigenvalue weighted by Gasteiger charge is -2.13. The van der Waals surface area contributed by atoms with Gasteiger partial charge in [-0.05, 0) is 47.0 Å². The minimum atomic E-state index is -0.652. The Morgan fingerprint density at radius 1 is 1.03 bits per heavy atom. The number of nitrogens with two attached hydrogens (primary N) is 1. The van der Waals surface area contributed by atoms with Crippen LogP contribution >= 0.6 is 23.2 Å². The second-order valence-electron chi connectivity index (χ2n) is 6.26. The number of aromatic hydroxyl groups is 1. The van der Waals surface area contributed by atoms with E-state index in [4.69, 9.17) is 33.7 Å². The number of hydrogen-bond acceptors (Lipinski definition) is 3. The van der Waals surface area contributed by atoms with Gasteiger partial charge >= 0.3 is 0 Å². The predicted molar refractivity (Wildman–Crippen MR) is 107 cm³/mol. The highest BCUT2D eigenvalue weighted by Crippen LogP contribution is 2.36. The summed E-state index contributed by atoms with van der Waals surface area (Å²) >= 11 is 12.5. The zero-order valence-corrected chi connectivity index (χ0v) is 16.4. The number of phenols is 1. The van der Waals surface area contributed by atoms with E-state index in [0.29, 0.717) is 16.7 Å². The zero-order valence-electron chi connectivity index (χ0n) is 14.9. The Hall–Kier alpha value is -2.83. The molecule has 0 saturated heterocycles. The van der Waals surface area contributed by atoms with Crippen LogP contribution in [0, 0.1) is 11.6 Å². The van der Waals surface area contributed by atoms with Crippen LogP contribution < -0.4 is 10.5 Å². The van der Waals surface area contributed by atoms with E-state index in [-0.39, 0.29) is 40.1 Å². The monoisotopic (exact) mass is 437 g/mol. The van der Waals surface area contributed by atoms with Gasteiger partial charge in [-0.3, -0.25) is 4.79 Å². The molecule has 0 bridgehead atoms. The van der Waals surface area contributed by atoms with Gasteiger partial charge in [0, 0.05) is 28.1 Å². The van der Waals surface area contributed by atoms with Crippen LogP contribution in [0.25, 0.3) is 11.1 Å². The number of halogens is 4. The van der Waals surface area contributed by atoms with Crippen molar-refractivity contribution in [2.24, 2.45) is 5.73 Å². The van der Waals surface area contributed by atoms with Crippen LogP contribution in [0.4, 0.5) is 8.78 Å². The lowest BCUT2D eigenvalue weighted by atomic mass is 9.97. The van der Waals surface area contributed by atoms with Gasteiger partial charge in [-0.2, -0.15) is 0 Å². The van der Waals surface area contributed by atoms with Gasteiger partial charge in [0.2, 0.25) is 0 Å². The molecule has 0 fully saturated rings. The summed E-state index contributed by atoms with van der Waals surface area (Å²) in [6.45, 7) is -0.334. The smallest absolute Gasteiger partial charge is 0.255 e. The minimum Gasteiger partial charge on any atom is -0.507 e. The van der Waals surface area contributed by atoms with Crippen LogP contribution in [0.5, 0.6) is 11.5 Å². The molecule has 4 nitrogen and oxygen atoms in total. The Bertz CT molecular complexity index is 1050.